The van der Waals surface area contributed by atoms with Crippen LogP contribution in [0.1, 0.15) is 69.4 Å². The summed E-state index contributed by atoms with van der Waals surface area (Å²) in [6.07, 6.45) is 1.35. The van der Waals surface area contributed by atoms with Gasteiger partial charge < -0.3 is 36.6 Å². The third-order valence-corrected chi connectivity index (χ3v) is 10.3. The number of halogens is 5. The quantitative estimate of drug-likeness (QED) is 0.160. The van der Waals surface area contributed by atoms with Gasteiger partial charge in [0.1, 0.15) is 6.04 Å². The molecule has 0 spiro atoms. The fourth-order valence-corrected chi connectivity index (χ4v) is 7.08. The first-order valence-corrected chi connectivity index (χ1v) is 19.2. The summed E-state index contributed by atoms with van der Waals surface area (Å²) in [4.78, 5) is 66.3. The van der Waals surface area contributed by atoms with E-state index >= 15 is 0 Å². The predicted molar refractivity (Wildman–Crippen MR) is 204 cm³/mol. The molecule has 2 aromatic rings. The molecular weight excluding hydrogens is 764 g/mol. The molecule has 4 rings (SSSR count). The van der Waals surface area contributed by atoms with E-state index in [1.54, 1.807) is 28.0 Å². The average molecular weight is 816 g/mol. The van der Waals surface area contributed by atoms with E-state index in [2.05, 4.69) is 16.0 Å². The zero-order chi connectivity index (χ0) is 40.6. The van der Waals surface area contributed by atoms with Gasteiger partial charge in [0.05, 0.1) is 15.5 Å². The molecule has 2 heterocycles. The molecule has 0 radical (unpaired) electrons. The van der Waals surface area contributed by atoms with E-state index in [9.17, 15) is 32.3 Å². The molecule has 2 aromatic carbocycles. The van der Waals surface area contributed by atoms with E-state index in [0.29, 0.717) is 81.3 Å². The molecule has 0 aliphatic carbocycles. The van der Waals surface area contributed by atoms with Crippen molar-refractivity contribution < 1.29 is 42.3 Å². The Bertz CT molecular complexity index is 1600. The van der Waals surface area contributed by atoms with E-state index in [4.69, 9.17) is 38.8 Å². The summed E-state index contributed by atoms with van der Waals surface area (Å²) in [7, 11) is 0. The van der Waals surface area contributed by atoms with E-state index in [-0.39, 0.29) is 42.8 Å². The van der Waals surface area contributed by atoms with Crippen molar-refractivity contribution in [2.75, 3.05) is 39.3 Å². The van der Waals surface area contributed by atoms with Crippen molar-refractivity contribution in [1.82, 2.24) is 25.8 Å². The number of piperidine rings is 2. The van der Waals surface area contributed by atoms with Crippen molar-refractivity contribution in [3.8, 4) is 0 Å². The lowest BCUT2D eigenvalue weighted by Crippen LogP contribution is -2.59. The predicted octanol–water partition coefficient (Wildman–Crippen LogP) is 5.33. The first-order chi connectivity index (χ1) is 26.1. The lowest BCUT2D eigenvalue weighted by Gasteiger charge is -2.43. The highest BCUT2D eigenvalue weighted by atomic mass is 35.5. The summed E-state index contributed by atoms with van der Waals surface area (Å²) in [5, 5.41) is 17.0. The second kappa shape index (κ2) is 21.9. The van der Waals surface area contributed by atoms with Crippen LogP contribution in [0.15, 0.2) is 48.5 Å². The number of hydrogen-bond donors (Lipinski definition) is 5. The number of urea groups is 1. The Labute approximate surface area is 329 Å². The highest BCUT2D eigenvalue weighted by molar-refractivity contribution is 6.42. The van der Waals surface area contributed by atoms with Crippen molar-refractivity contribution in [3.05, 3.63) is 69.7 Å². The maximum Gasteiger partial charge on any atom is 0.490 e. The number of hydrogen-bond acceptors (Lipinski definition) is 6. The number of benzene rings is 2. The van der Waals surface area contributed by atoms with Crippen LogP contribution < -0.4 is 21.7 Å². The molecule has 304 valence electrons. The molecular formula is C38H51Cl2F3N6O6. The monoisotopic (exact) mass is 814 g/mol. The molecule has 6 N–H and O–H groups in total. The number of likely N-dealkylation sites (tertiary alicyclic amines) is 2. The van der Waals surface area contributed by atoms with Gasteiger partial charge in [0.2, 0.25) is 17.7 Å². The van der Waals surface area contributed by atoms with Crippen molar-refractivity contribution in [2.24, 2.45) is 11.1 Å². The molecule has 2 aliphatic heterocycles. The molecule has 2 fully saturated rings. The van der Waals surface area contributed by atoms with E-state index in [1.165, 1.54) is 0 Å². The van der Waals surface area contributed by atoms with Crippen LogP contribution in [0.5, 0.6) is 0 Å². The number of alkyl halides is 3. The molecule has 17 heteroatoms. The Morgan fingerprint density at radius 3 is 2.22 bits per heavy atom. The Balaban J connectivity index is 0.00000106. The summed E-state index contributed by atoms with van der Waals surface area (Å²) < 4.78 is 31.7. The number of carbonyl (C=O) groups is 5. The summed E-state index contributed by atoms with van der Waals surface area (Å²) in [5.41, 5.74) is 6.54. The topological polar surface area (TPSA) is 174 Å². The van der Waals surface area contributed by atoms with E-state index < -0.39 is 23.6 Å². The third-order valence-electron chi connectivity index (χ3n) is 9.61. The number of rotatable bonds is 14. The number of carboxylic acids is 1. The van der Waals surface area contributed by atoms with Crippen molar-refractivity contribution in [3.63, 3.8) is 0 Å². The lowest BCUT2D eigenvalue weighted by molar-refractivity contribution is -0.192. The fraction of sp³-hybridized carbons (Fsp3) is 0.553. The van der Waals surface area contributed by atoms with Crippen LogP contribution in [-0.4, -0.2) is 102 Å². The van der Waals surface area contributed by atoms with Crippen LogP contribution >= 0.6 is 23.2 Å². The molecule has 0 saturated carbocycles. The van der Waals surface area contributed by atoms with Crippen LogP contribution in [0.25, 0.3) is 0 Å². The Hall–Kier alpha value is -4.08. The van der Waals surface area contributed by atoms with Gasteiger partial charge in [-0.25, -0.2) is 9.59 Å². The Morgan fingerprint density at radius 1 is 0.945 bits per heavy atom. The smallest absolute Gasteiger partial charge is 0.475 e. The highest BCUT2D eigenvalue weighted by Gasteiger charge is 2.44. The van der Waals surface area contributed by atoms with Gasteiger partial charge in [0, 0.05) is 51.6 Å². The molecule has 2 saturated heterocycles. The zero-order valence-electron chi connectivity index (χ0n) is 30.9. The van der Waals surface area contributed by atoms with E-state index in [1.807, 2.05) is 37.3 Å². The maximum atomic E-state index is 14.3. The second-order valence-electron chi connectivity index (χ2n) is 13.9. The summed E-state index contributed by atoms with van der Waals surface area (Å²) in [5.74, 6) is -3.04. The minimum absolute atomic E-state index is 0.00468. The van der Waals surface area contributed by atoms with Crippen molar-refractivity contribution in [2.45, 2.75) is 89.4 Å². The molecule has 55 heavy (non-hydrogen) atoms. The number of nitrogens with zero attached hydrogens (tertiary/aromatic N) is 2. The number of nitrogens with two attached hydrogens (primary N) is 1. The largest absolute Gasteiger partial charge is 0.490 e. The molecule has 0 aromatic heterocycles. The van der Waals surface area contributed by atoms with Gasteiger partial charge in [-0.15, -0.1) is 0 Å². The van der Waals surface area contributed by atoms with Crippen LogP contribution in [-0.2, 0) is 32.0 Å². The van der Waals surface area contributed by atoms with Gasteiger partial charge >= 0.3 is 18.2 Å². The molecule has 2 aliphatic rings. The van der Waals surface area contributed by atoms with Gasteiger partial charge in [0.15, 0.2) is 0 Å². The van der Waals surface area contributed by atoms with Gasteiger partial charge in [0.25, 0.3) is 0 Å². The van der Waals surface area contributed by atoms with Crippen LogP contribution in [0, 0.1) is 5.41 Å². The molecule has 1 unspecified atom stereocenters. The average Bonchev–Trinajstić information content (AvgIpc) is 3.15. The van der Waals surface area contributed by atoms with Gasteiger partial charge in [-0.1, -0.05) is 66.0 Å². The van der Waals surface area contributed by atoms with E-state index in [0.717, 1.165) is 30.4 Å². The first-order valence-electron chi connectivity index (χ1n) is 18.5. The van der Waals surface area contributed by atoms with Crippen LogP contribution in [0.3, 0.4) is 0 Å². The van der Waals surface area contributed by atoms with Crippen molar-refractivity contribution in [1.29, 1.82) is 0 Å². The second-order valence-corrected chi connectivity index (χ2v) is 14.7. The number of aliphatic carboxylic acids is 1. The number of unbranched alkanes of at least 4 members (excludes halogenated alkanes) is 2. The third kappa shape index (κ3) is 14.5. The first kappa shape index (κ1) is 45.3. The summed E-state index contributed by atoms with van der Waals surface area (Å²) >= 11 is 12.5. The molecule has 5 amide bonds. The summed E-state index contributed by atoms with van der Waals surface area (Å²) in [6, 6.07) is 13.8. The molecule has 12 nitrogen and oxygen atoms in total. The number of carboxylic acid groups (broad SMARTS) is 1. The Kier molecular flexibility index (Phi) is 18.0. The number of carbonyl (C=O) groups excluding carboxylic acids is 4. The lowest BCUT2D eigenvalue weighted by atomic mass is 9.74. The van der Waals surface area contributed by atoms with Crippen molar-refractivity contribution >= 4 is 52.9 Å². The normalized spacial score (nSPS) is 18.0. The molecule has 2 atom stereocenters. The van der Waals surface area contributed by atoms with Gasteiger partial charge in [-0.2, -0.15) is 13.2 Å². The van der Waals surface area contributed by atoms with Crippen LogP contribution in [0.4, 0.5) is 18.0 Å². The molecule has 0 bridgehead atoms. The zero-order valence-corrected chi connectivity index (χ0v) is 32.4. The number of nitrogens with one attached hydrogen (secondary N) is 3. The highest BCUT2D eigenvalue weighted by Crippen LogP contribution is 2.35. The SMILES string of the molecule is CCNC(=O)[C@]1(Cc2ccccc2)CCCN(C(=O)C(Cc2ccc(Cl)c(Cl)c2)NC(=O)N2CCC(NC(=O)CCCCCN)CC2)C1.O=C(O)C(F)(F)F. The fourth-order valence-electron chi connectivity index (χ4n) is 6.76. The Morgan fingerprint density at radius 2 is 1.62 bits per heavy atom. The minimum Gasteiger partial charge on any atom is -0.475 e. The van der Waals surface area contributed by atoms with Gasteiger partial charge in [-0.3, -0.25) is 14.4 Å². The van der Waals surface area contributed by atoms with Crippen LogP contribution in [0.2, 0.25) is 10.0 Å². The number of amides is 5. The maximum absolute atomic E-state index is 14.3. The standard InChI is InChI=1S/C36H50Cl2N6O4.C2HF3O2/c1-2-40-34(47)36(24-26-10-5-3-6-11-26)17-9-19-44(25-36)33(46)31(23-27-13-14-29(37)30(38)22-27)42-35(48)43-20-15-28(16-21-43)41-32(45)12-7-4-8-18-39;3-2(4,5)1(6)7/h3,5-6,10-11,13-14,22,28,31H,2,4,7-9,12,15-21,23-25,39H2,1H3,(H,40,47)(H,41,45)(H,42,48);(H,6,7)/t31?,36-;/m0./s1. The summed E-state index contributed by atoms with van der Waals surface area (Å²) in [6.45, 7) is 4.67. The minimum atomic E-state index is -5.08. The van der Waals surface area contributed by atoms with Gasteiger partial charge in [-0.05, 0) is 81.7 Å².